The molecule has 138 valence electrons. The summed E-state index contributed by atoms with van der Waals surface area (Å²) in [5.41, 5.74) is 0.768. The number of nitrogens with zero attached hydrogens (tertiary/aromatic N) is 2. The normalized spacial score (nSPS) is 12.8. The van der Waals surface area contributed by atoms with Crippen molar-refractivity contribution >= 4 is 10.0 Å². The topological polar surface area (TPSA) is 86.4 Å². The smallest absolute Gasteiger partial charge is 0.240 e. The number of hydrogen-bond acceptors (Lipinski definition) is 5. The van der Waals surface area contributed by atoms with Gasteiger partial charge in [0.05, 0.1) is 17.8 Å². The zero-order valence-corrected chi connectivity index (χ0v) is 15.4. The van der Waals surface area contributed by atoms with Crippen LogP contribution in [0.15, 0.2) is 64.4 Å². The van der Waals surface area contributed by atoms with Gasteiger partial charge in [0.15, 0.2) is 0 Å². The molecule has 2 aromatic heterocycles. The Bertz CT molecular complexity index is 901. The van der Waals surface area contributed by atoms with Gasteiger partial charge in [0, 0.05) is 18.9 Å². The van der Waals surface area contributed by atoms with E-state index >= 15 is 0 Å². The molecular formula is C18H21N3O4S. The molecule has 0 radical (unpaired) electrons. The summed E-state index contributed by atoms with van der Waals surface area (Å²) in [5.74, 6) is 1.30. The molecule has 1 unspecified atom stereocenters. The Balaban J connectivity index is 1.79. The first-order chi connectivity index (χ1) is 12.5. The lowest BCUT2D eigenvalue weighted by Gasteiger charge is -2.17. The average Bonchev–Trinajstić information content (AvgIpc) is 3.31. The highest BCUT2D eigenvalue weighted by atomic mass is 32.2. The minimum absolute atomic E-state index is 0.115. The van der Waals surface area contributed by atoms with Crippen LogP contribution >= 0.6 is 0 Å². The van der Waals surface area contributed by atoms with E-state index in [-0.39, 0.29) is 17.5 Å². The van der Waals surface area contributed by atoms with Crippen LogP contribution in [0.1, 0.15) is 24.3 Å². The average molecular weight is 375 g/mol. The van der Waals surface area contributed by atoms with Crippen LogP contribution in [0.5, 0.6) is 5.75 Å². The second-order valence-corrected chi connectivity index (χ2v) is 7.50. The molecule has 1 atom stereocenters. The number of aromatic nitrogens is 2. The van der Waals surface area contributed by atoms with Crippen LogP contribution in [0.25, 0.3) is 0 Å². The number of nitrogens with one attached hydrogen (secondary N) is 1. The van der Waals surface area contributed by atoms with Crippen molar-refractivity contribution in [1.29, 1.82) is 0 Å². The predicted molar refractivity (Wildman–Crippen MR) is 96.6 cm³/mol. The van der Waals surface area contributed by atoms with Gasteiger partial charge in [0.2, 0.25) is 10.0 Å². The number of rotatable bonds is 8. The van der Waals surface area contributed by atoms with Crippen LogP contribution in [0.3, 0.4) is 0 Å². The van der Waals surface area contributed by atoms with E-state index in [0.717, 1.165) is 5.56 Å². The zero-order chi connectivity index (χ0) is 18.6. The van der Waals surface area contributed by atoms with Gasteiger partial charge in [0.1, 0.15) is 17.6 Å². The first-order valence-corrected chi connectivity index (χ1v) is 9.75. The van der Waals surface area contributed by atoms with Crippen LogP contribution in [0.2, 0.25) is 0 Å². The molecular weight excluding hydrogens is 354 g/mol. The summed E-state index contributed by atoms with van der Waals surface area (Å²) < 4.78 is 40.6. The Morgan fingerprint density at radius 3 is 2.77 bits per heavy atom. The van der Waals surface area contributed by atoms with Crippen LogP contribution in [0.4, 0.5) is 0 Å². The van der Waals surface area contributed by atoms with Gasteiger partial charge >= 0.3 is 0 Å². The number of benzene rings is 1. The zero-order valence-electron chi connectivity index (χ0n) is 14.6. The van der Waals surface area contributed by atoms with Gasteiger partial charge in [-0.05, 0) is 55.8 Å². The van der Waals surface area contributed by atoms with E-state index in [9.17, 15) is 8.42 Å². The first kappa shape index (κ1) is 18.2. The first-order valence-electron chi connectivity index (χ1n) is 8.27. The number of furan rings is 1. The molecule has 0 saturated heterocycles. The molecule has 26 heavy (non-hydrogen) atoms. The molecule has 1 N–H and O–H groups in total. The van der Waals surface area contributed by atoms with E-state index in [1.54, 1.807) is 53.7 Å². The van der Waals surface area contributed by atoms with E-state index in [0.29, 0.717) is 18.1 Å². The summed E-state index contributed by atoms with van der Waals surface area (Å²) in [4.78, 5) is 0.192. The van der Waals surface area contributed by atoms with Crippen molar-refractivity contribution in [1.82, 2.24) is 14.5 Å². The van der Waals surface area contributed by atoms with Crippen molar-refractivity contribution in [2.45, 2.75) is 24.8 Å². The van der Waals surface area contributed by atoms with E-state index in [4.69, 9.17) is 9.15 Å². The number of ether oxygens (including phenoxy) is 1. The van der Waals surface area contributed by atoms with Crippen LogP contribution in [-0.2, 0) is 10.0 Å². The van der Waals surface area contributed by atoms with Crippen LogP contribution in [0, 0.1) is 6.92 Å². The molecule has 7 nitrogen and oxygen atoms in total. The quantitative estimate of drug-likeness (QED) is 0.654. The lowest BCUT2D eigenvalue weighted by molar-refractivity contribution is 0.337. The lowest BCUT2D eigenvalue weighted by atomic mass is 10.2. The van der Waals surface area contributed by atoms with Gasteiger partial charge < -0.3 is 9.15 Å². The largest absolute Gasteiger partial charge is 0.494 e. The molecule has 0 aliphatic rings. The summed E-state index contributed by atoms with van der Waals surface area (Å²) in [5, 5.41) is 4.20. The van der Waals surface area contributed by atoms with Crippen LogP contribution < -0.4 is 9.46 Å². The molecule has 8 heteroatoms. The van der Waals surface area contributed by atoms with Crippen molar-refractivity contribution in [3.05, 3.63) is 66.4 Å². The van der Waals surface area contributed by atoms with Crippen molar-refractivity contribution in [3.63, 3.8) is 0 Å². The minimum atomic E-state index is -3.68. The van der Waals surface area contributed by atoms with Crippen molar-refractivity contribution in [3.8, 4) is 5.75 Å². The third kappa shape index (κ3) is 3.97. The highest BCUT2D eigenvalue weighted by molar-refractivity contribution is 7.89. The Hall–Kier alpha value is -2.58. The fourth-order valence-electron chi connectivity index (χ4n) is 2.65. The van der Waals surface area contributed by atoms with Gasteiger partial charge in [-0.2, -0.15) is 5.10 Å². The molecule has 0 saturated carbocycles. The van der Waals surface area contributed by atoms with Gasteiger partial charge in [0.25, 0.3) is 0 Å². The van der Waals surface area contributed by atoms with E-state index in [1.807, 2.05) is 13.8 Å². The second-order valence-electron chi connectivity index (χ2n) is 5.73. The maximum atomic E-state index is 12.7. The van der Waals surface area contributed by atoms with Crippen LogP contribution in [-0.4, -0.2) is 31.3 Å². The van der Waals surface area contributed by atoms with Gasteiger partial charge in [-0.25, -0.2) is 13.1 Å². The lowest BCUT2D eigenvalue weighted by Crippen LogP contribution is -2.31. The fourth-order valence-corrected chi connectivity index (χ4v) is 3.77. The Labute approximate surface area is 152 Å². The molecule has 1 aromatic carbocycles. The predicted octanol–water partition coefficient (Wildman–Crippen LogP) is 2.75. The number of hydrogen-bond donors (Lipinski definition) is 1. The SMILES string of the molecule is CCOc1ccc(S(=O)(=O)NCC(c2ccco2)n2cccn2)cc1C. The van der Waals surface area contributed by atoms with Crippen molar-refractivity contribution < 1.29 is 17.6 Å². The summed E-state index contributed by atoms with van der Waals surface area (Å²) in [6, 6.07) is 9.76. The summed E-state index contributed by atoms with van der Waals surface area (Å²) in [6.07, 6.45) is 4.96. The molecule has 2 heterocycles. The minimum Gasteiger partial charge on any atom is -0.494 e. The Morgan fingerprint density at radius 1 is 1.31 bits per heavy atom. The summed E-state index contributed by atoms with van der Waals surface area (Å²) >= 11 is 0. The molecule has 0 spiro atoms. The third-order valence-corrected chi connectivity index (χ3v) is 5.36. The van der Waals surface area contributed by atoms with Gasteiger partial charge in [-0.3, -0.25) is 4.68 Å². The summed E-state index contributed by atoms with van der Waals surface area (Å²) in [7, 11) is -3.68. The fraction of sp³-hybridized carbons (Fsp3) is 0.278. The van der Waals surface area contributed by atoms with Crippen molar-refractivity contribution in [2.75, 3.05) is 13.2 Å². The highest BCUT2D eigenvalue weighted by Gasteiger charge is 2.22. The molecule has 3 rings (SSSR count). The molecule has 3 aromatic rings. The highest BCUT2D eigenvalue weighted by Crippen LogP contribution is 2.23. The maximum absolute atomic E-state index is 12.7. The van der Waals surface area contributed by atoms with E-state index in [2.05, 4.69) is 9.82 Å². The molecule has 0 aliphatic carbocycles. The van der Waals surface area contributed by atoms with Crippen molar-refractivity contribution in [2.24, 2.45) is 0 Å². The molecule has 0 fully saturated rings. The van der Waals surface area contributed by atoms with E-state index < -0.39 is 10.0 Å². The molecule has 0 amide bonds. The number of aryl methyl sites for hydroxylation is 1. The summed E-state index contributed by atoms with van der Waals surface area (Å²) in [6.45, 7) is 4.35. The standard InChI is InChI=1S/C18H21N3O4S/c1-3-24-17-8-7-15(12-14(17)2)26(22,23)20-13-16(18-6-4-11-25-18)21-10-5-9-19-21/h4-12,16,20H,3,13H2,1-2H3. The van der Waals surface area contributed by atoms with Gasteiger partial charge in [-0.1, -0.05) is 0 Å². The van der Waals surface area contributed by atoms with E-state index in [1.165, 1.54) is 6.07 Å². The third-order valence-electron chi connectivity index (χ3n) is 3.94. The maximum Gasteiger partial charge on any atom is 0.240 e. The Morgan fingerprint density at radius 2 is 2.15 bits per heavy atom. The molecule has 0 aliphatic heterocycles. The number of sulfonamides is 1. The van der Waals surface area contributed by atoms with Gasteiger partial charge in [-0.15, -0.1) is 0 Å². The Kier molecular flexibility index (Phi) is 5.43. The second kappa shape index (κ2) is 7.76. The monoisotopic (exact) mass is 375 g/mol. The molecule has 0 bridgehead atoms.